The van der Waals surface area contributed by atoms with Crippen molar-refractivity contribution >= 4 is 29.5 Å². The number of cyclic esters (lactones) is 1. The summed E-state index contributed by atoms with van der Waals surface area (Å²) in [6, 6.07) is -1.29. The highest BCUT2D eigenvalue weighted by Crippen LogP contribution is 2.61. The van der Waals surface area contributed by atoms with Gasteiger partial charge in [-0.15, -0.1) is 11.8 Å². The van der Waals surface area contributed by atoms with E-state index in [4.69, 9.17) is 9.47 Å². The molecule has 5 rings (SSSR count). The van der Waals surface area contributed by atoms with Gasteiger partial charge in [0.1, 0.15) is 6.04 Å². The van der Waals surface area contributed by atoms with E-state index in [2.05, 4.69) is 4.90 Å². The summed E-state index contributed by atoms with van der Waals surface area (Å²) in [5.74, 6) is -2.13. The van der Waals surface area contributed by atoms with Crippen molar-refractivity contribution in [3.8, 4) is 0 Å². The van der Waals surface area contributed by atoms with Crippen LogP contribution in [0.5, 0.6) is 0 Å². The Bertz CT molecular complexity index is 935. The van der Waals surface area contributed by atoms with Gasteiger partial charge in [-0.05, 0) is 12.3 Å². The monoisotopic (exact) mass is 519 g/mol. The maximum Gasteiger partial charge on any atom is 0.311 e. The Morgan fingerprint density at radius 3 is 2.61 bits per heavy atom. The van der Waals surface area contributed by atoms with Crippen LogP contribution < -0.4 is 0 Å². The lowest BCUT2D eigenvalue weighted by Gasteiger charge is -2.40. The van der Waals surface area contributed by atoms with Gasteiger partial charge in [0.15, 0.2) is 0 Å². The minimum absolute atomic E-state index is 0.0540. The number of hydrogen-bond acceptors (Lipinski definition) is 8. The number of morpholine rings is 1. The Labute approximate surface area is 216 Å². The zero-order valence-electron chi connectivity index (χ0n) is 21.1. The summed E-state index contributed by atoms with van der Waals surface area (Å²) in [6.07, 6.45) is 8.67. The average Bonchev–Trinajstić information content (AvgIpc) is 3.23. The number of esters is 1. The van der Waals surface area contributed by atoms with Crippen LogP contribution in [-0.2, 0) is 23.9 Å². The highest BCUT2D eigenvalue weighted by atomic mass is 32.2. The van der Waals surface area contributed by atoms with E-state index in [9.17, 15) is 19.5 Å². The van der Waals surface area contributed by atoms with Gasteiger partial charge in [-0.3, -0.25) is 19.3 Å². The van der Waals surface area contributed by atoms with Gasteiger partial charge < -0.3 is 24.4 Å². The lowest BCUT2D eigenvalue weighted by Crippen LogP contribution is -2.58. The van der Waals surface area contributed by atoms with Gasteiger partial charge in [-0.1, -0.05) is 38.2 Å². The Kier molecular flexibility index (Phi) is 7.49. The Hall–Kier alpha value is -1.88. The van der Waals surface area contributed by atoms with Gasteiger partial charge in [0.05, 0.1) is 49.1 Å². The van der Waals surface area contributed by atoms with Crippen LogP contribution in [0.1, 0.15) is 20.3 Å². The van der Waals surface area contributed by atoms with Crippen LogP contribution in [0.15, 0.2) is 24.3 Å². The van der Waals surface area contributed by atoms with Gasteiger partial charge in [0.25, 0.3) is 0 Å². The number of aliphatic hydroxyl groups excluding tert-OH is 1. The second kappa shape index (κ2) is 10.5. The number of hydrogen-bond donors (Lipinski definition) is 1. The zero-order chi connectivity index (χ0) is 25.4. The third kappa shape index (κ3) is 4.29. The number of carbonyl (C=O) groups excluding carboxylic acids is 3. The SMILES string of the molecule is CC(C)[C@H](CO)N1C(=O)[C@@H]2[C@H]3C(=O)OCCC=C[C@H]3S[C@@]23C=CCN(CCN2CCOCC2)C(=O)C13. The Morgan fingerprint density at radius 1 is 1.11 bits per heavy atom. The zero-order valence-corrected chi connectivity index (χ0v) is 21.9. The molecule has 36 heavy (non-hydrogen) atoms. The largest absolute Gasteiger partial charge is 0.465 e. The Balaban J connectivity index is 1.52. The van der Waals surface area contributed by atoms with Crippen LogP contribution >= 0.6 is 11.8 Å². The predicted molar refractivity (Wildman–Crippen MR) is 135 cm³/mol. The minimum atomic E-state index is -0.882. The molecule has 6 atom stereocenters. The minimum Gasteiger partial charge on any atom is -0.465 e. The van der Waals surface area contributed by atoms with Crippen molar-refractivity contribution < 1.29 is 29.0 Å². The topological polar surface area (TPSA) is 99.6 Å². The standard InChI is InChI=1S/C26H37N3O6S/c1-17(2)18(16-30)29-22-24(32)28(10-9-27-11-14-34-15-12-27)8-5-7-26(22)21(23(29)31)20-19(36-26)6-3-4-13-35-25(20)33/h3,5-7,17-22,30H,4,8-16H2,1-2H3/t18-,19+,20-,21-,22?,26-/m0/s1. The molecule has 5 heterocycles. The number of carbonyl (C=O) groups is 3. The van der Waals surface area contributed by atoms with E-state index in [0.29, 0.717) is 39.3 Å². The van der Waals surface area contributed by atoms with E-state index < -0.39 is 28.7 Å². The maximum absolute atomic E-state index is 14.3. The summed E-state index contributed by atoms with van der Waals surface area (Å²) in [6.45, 7) is 8.76. The van der Waals surface area contributed by atoms with Crippen LogP contribution in [0.4, 0.5) is 0 Å². The predicted octanol–water partition coefficient (Wildman–Crippen LogP) is 0.534. The first-order chi connectivity index (χ1) is 17.4. The highest BCUT2D eigenvalue weighted by molar-refractivity contribution is 8.02. The third-order valence-corrected chi connectivity index (χ3v) is 9.99. The molecule has 3 saturated heterocycles. The van der Waals surface area contributed by atoms with Crippen molar-refractivity contribution in [2.75, 3.05) is 59.2 Å². The molecule has 0 aromatic rings. The number of thioether (sulfide) groups is 1. The number of likely N-dealkylation sites (tertiary alicyclic amines) is 1. The molecule has 5 aliphatic heterocycles. The molecular weight excluding hydrogens is 482 g/mol. The first-order valence-corrected chi connectivity index (χ1v) is 14.0. The number of ether oxygens (including phenoxy) is 2. The van der Waals surface area contributed by atoms with Gasteiger partial charge in [-0.25, -0.2) is 0 Å². The van der Waals surface area contributed by atoms with Crippen LogP contribution in [0.3, 0.4) is 0 Å². The molecular formula is C26H37N3O6S. The second-order valence-electron chi connectivity index (χ2n) is 10.6. The Morgan fingerprint density at radius 2 is 1.89 bits per heavy atom. The van der Waals surface area contributed by atoms with Crippen LogP contribution in [0, 0.1) is 17.8 Å². The summed E-state index contributed by atoms with van der Waals surface area (Å²) in [4.78, 5) is 47.4. The number of aliphatic hydroxyl groups is 1. The molecule has 0 aliphatic carbocycles. The fourth-order valence-corrected chi connectivity index (χ4v) is 8.35. The molecule has 0 saturated carbocycles. The number of nitrogens with zero attached hydrogens (tertiary/aromatic N) is 3. The van der Waals surface area contributed by atoms with Crippen molar-refractivity contribution in [1.82, 2.24) is 14.7 Å². The van der Waals surface area contributed by atoms with Gasteiger partial charge in [0.2, 0.25) is 11.8 Å². The summed E-state index contributed by atoms with van der Waals surface area (Å²) >= 11 is 1.54. The summed E-state index contributed by atoms with van der Waals surface area (Å²) in [7, 11) is 0. The molecule has 5 aliphatic rings. The van der Waals surface area contributed by atoms with Crippen molar-refractivity contribution in [2.24, 2.45) is 17.8 Å². The summed E-state index contributed by atoms with van der Waals surface area (Å²) in [5.41, 5.74) is 0. The fourth-order valence-electron chi connectivity index (χ4n) is 6.36. The molecule has 3 fully saturated rings. The van der Waals surface area contributed by atoms with E-state index in [0.717, 1.165) is 19.6 Å². The average molecular weight is 520 g/mol. The fraction of sp³-hybridized carbons (Fsp3) is 0.731. The first kappa shape index (κ1) is 25.8. The first-order valence-electron chi connectivity index (χ1n) is 13.1. The van der Waals surface area contributed by atoms with E-state index >= 15 is 0 Å². The lowest BCUT2D eigenvalue weighted by atomic mass is 9.78. The van der Waals surface area contributed by atoms with Crippen molar-refractivity contribution in [2.45, 2.75) is 42.3 Å². The summed E-state index contributed by atoms with van der Waals surface area (Å²) < 4.78 is 10.1. The van der Waals surface area contributed by atoms with E-state index in [1.54, 1.807) is 16.7 Å². The maximum atomic E-state index is 14.3. The molecule has 9 nitrogen and oxygen atoms in total. The second-order valence-corrected chi connectivity index (χ2v) is 12.1. The molecule has 1 N–H and O–H groups in total. The van der Waals surface area contributed by atoms with Gasteiger partial charge in [0, 0.05) is 38.0 Å². The molecule has 1 unspecified atom stereocenters. The van der Waals surface area contributed by atoms with E-state index in [1.807, 2.05) is 43.1 Å². The smallest absolute Gasteiger partial charge is 0.311 e. The number of rotatable bonds is 6. The number of amides is 2. The van der Waals surface area contributed by atoms with E-state index in [1.165, 1.54) is 0 Å². The van der Waals surface area contributed by atoms with E-state index in [-0.39, 0.29) is 35.6 Å². The third-order valence-electron chi connectivity index (χ3n) is 8.25. The molecule has 10 heteroatoms. The molecule has 198 valence electrons. The van der Waals surface area contributed by atoms with Crippen LogP contribution in [-0.4, -0.2) is 119 Å². The lowest BCUT2D eigenvalue weighted by molar-refractivity contribution is -0.154. The van der Waals surface area contributed by atoms with Crippen molar-refractivity contribution in [3.05, 3.63) is 24.3 Å². The highest BCUT2D eigenvalue weighted by Gasteiger charge is 2.71. The molecule has 1 spiro atoms. The van der Waals surface area contributed by atoms with Crippen molar-refractivity contribution in [1.29, 1.82) is 0 Å². The summed E-state index contributed by atoms with van der Waals surface area (Å²) in [5, 5.41) is 10.1. The molecule has 0 bridgehead atoms. The molecule has 0 radical (unpaired) electrons. The van der Waals surface area contributed by atoms with Crippen LogP contribution in [0.25, 0.3) is 0 Å². The quantitative estimate of drug-likeness (QED) is 0.401. The van der Waals surface area contributed by atoms with Gasteiger partial charge >= 0.3 is 5.97 Å². The molecule has 2 amide bonds. The number of fused-ring (bicyclic) bond motifs is 2. The van der Waals surface area contributed by atoms with Gasteiger partial charge in [-0.2, -0.15) is 0 Å². The molecule has 0 aromatic heterocycles. The van der Waals surface area contributed by atoms with Crippen LogP contribution in [0.2, 0.25) is 0 Å². The van der Waals surface area contributed by atoms with Crippen molar-refractivity contribution in [3.63, 3.8) is 0 Å². The normalized spacial score (nSPS) is 35.7. The molecule has 0 aromatic carbocycles.